The Labute approximate surface area is 139 Å². The maximum Gasteiger partial charge on any atom is 0.142 e. The minimum absolute atomic E-state index is 0.180. The number of hydrogen-bond acceptors (Lipinski definition) is 4. The fourth-order valence-corrected chi connectivity index (χ4v) is 2.41. The van der Waals surface area contributed by atoms with Crippen LogP contribution < -0.4 is 5.73 Å². The molecule has 0 atom stereocenters. The number of nitrogens with zero attached hydrogens (tertiary/aromatic N) is 2. The summed E-state index contributed by atoms with van der Waals surface area (Å²) in [5, 5.41) is 18.2. The lowest BCUT2D eigenvalue weighted by Gasteiger charge is -2.09. The van der Waals surface area contributed by atoms with Crippen LogP contribution >= 0.6 is 0 Å². The van der Waals surface area contributed by atoms with Crippen LogP contribution in [0.5, 0.6) is 0 Å². The molecule has 4 N–H and O–H groups in total. The SMILES string of the molecule is N#Cc1c(-c2ccc(C#CCO)cc2)cc(-c2ccc[nH]2)nc1N. The van der Waals surface area contributed by atoms with Crippen LogP contribution in [0.25, 0.3) is 22.5 Å². The molecule has 0 aliphatic carbocycles. The van der Waals surface area contributed by atoms with Crippen molar-refractivity contribution in [1.29, 1.82) is 5.26 Å². The van der Waals surface area contributed by atoms with Gasteiger partial charge in [-0.2, -0.15) is 5.26 Å². The number of hydrogen-bond donors (Lipinski definition) is 3. The van der Waals surface area contributed by atoms with Crippen molar-refractivity contribution < 1.29 is 5.11 Å². The van der Waals surface area contributed by atoms with E-state index < -0.39 is 0 Å². The number of nitrogen functional groups attached to an aromatic ring is 1. The third-order valence-corrected chi connectivity index (χ3v) is 3.54. The molecule has 0 amide bonds. The Hall–Kier alpha value is -3.54. The second-order valence-electron chi connectivity index (χ2n) is 5.05. The molecule has 2 heterocycles. The maximum atomic E-state index is 9.42. The van der Waals surface area contributed by atoms with Crippen molar-refractivity contribution in [2.24, 2.45) is 0 Å². The van der Waals surface area contributed by atoms with Crippen LogP contribution in [0.2, 0.25) is 0 Å². The summed E-state index contributed by atoms with van der Waals surface area (Å²) in [6.45, 7) is -0.180. The Morgan fingerprint density at radius 3 is 2.62 bits per heavy atom. The van der Waals surface area contributed by atoms with E-state index in [1.807, 2.05) is 42.5 Å². The lowest BCUT2D eigenvalue weighted by atomic mass is 9.98. The second-order valence-corrected chi connectivity index (χ2v) is 5.05. The van der Waals surface area contributed by atoms with Gasteiger partial charge in [-0.05, 0) is 35.9 Å². The molecular formula is C19H14N4O. The molecule has 3 aromatic rings. The molecule has 116 valence electrons. The summed E-state index contributed by atoms with van der Waals surface area (Å²) >= 11 is 0. The van der Waals surface area contributed by atoms with Gasteiger partial charge in [-0.3, -0.25) is 0 Å². The highest BCUT2D eigenvalue weighted by Crippen LogP contribution is 2.30. The third kappa shape index (κ3) is 2.98. The first kappa shape index (κ1) is 15.4. The van der Waals surface area contributed by atoms with Gasteiger partial charge in [0.15, 0.2) is 0 Å². The van der Waals surface area contributed by atoms with Crippen molar-refractivity contribution in [3.63, 3.8) is 0 Å². The van der Waals surface area contributed by atoms with Crippen molar-refractivity contribution in [2.75, 3.05) is 12.3 Å². The number of anilines is 1. The van der Waals surface area contributed by atoms with Gasteiger partial charge in [0.05, 0.1) is 11.4 Å². The van der Waals surface area contributed by atoms with Crippen molar-refractivity contribution in [2.45, 2.75) is 0 Å². The zero-order chi connectivity index (χ0) is 16.9. The lowest BCUT2D eigenvalue weighted by molar-refractivity contribution is 0.350. The summed E-state index contributed by atoms with van der Waals surface area (Å²) < 4.78 is 0. The molecule has 2 aromatic heterocycles. The molecule has 1 aromatic carbocycles. The zero-order valence-corrected chi connectivity index (χ0v) is 12.7. The van der Waals surface area contributed by atoms with Crippen LogP contribution in [0.15, 0.2) is 48.7 Å². The largest absolute Gasteiger partial charge is 0.384 e. The van der Waals surface area contributed by atoms with Gasteiger partial charge >= 0.3 is 0 Å². The molecule has 0 bridgehead atoms. The Kier molecular flexibility index (Phi) is 4.29. The number of rotatable bonds is 2. The summed E-state index contributed by atoms with van der Waals surface area (Å²) in [7, 11) is 0. The van der Waals surface area contributed by atoms with E-state index in [1.54, 1.807) is 6.20 Å². The molecule has 5 nitrogen and oxygen atoms in total. The fraction of sp³-hybridized carbons (Fsp3) is 0.0526. The van der Waals surface area contributed by atoms with Crippen molar-refractivity contribution in [3.05, 3.63) is 59.8 Å². The monoisotopic (exact) mass is 314 g/mol. The number of nitrogens with one attached hydrogen (secondary N) is 1. The van der Waals surface area contributed by atoms with E-state index in [-0.39, 0.29) is 12.4 Å². The molecule has 0 fully saturated rings. The second kappa shape index (κ2) is 6.70. The van der Waals surface area contributed by atoms with Gasteiger partial charge in [0.1, 0.15) is 24.1 Å². The predicted molar refractivity (Wildman–Crippen MR) is 92.6 cm³/mol. The number of aromatic amines is 1. The molecule has 0 aliphatic heterocycles. The molecule has 3 rings (SSSR count). The van der Waals surface area contributed by atoms with Crippen LogP contribution in [0, 0.1) is 23.2 Å². The zero-order valence-electron chi connectivity index (χ0n) is 12.7. The highest BCUT2D eigenvalue weighted by Gasteiger charge is 2.13. The molecule has 24 heavy (non-hydrogen) atoms. The minimum atomic E-state index is -0.180. The first-order valence-electron chi connectivity index (χ1n) is 7.27. The summed E-state index contributed by atoms with van der Waals surface area (Å²) in [5.74, 6) is 5.64. The van der Waals surface area contributed by atoms with E-state index in [4.69, 9.17) is 10.8 Å². The molecule has 0 radical (unpaired) electrons. The van der Waals surface area contributed by atoms with E-state index >= 15 is 0 Å². The van der Waals surface area contributed by atoms with Gasteiger partial charge in [-0.25, -0.2) is 4.98 Å². The van der Waals surface area contributed by atoms with Gasteiger partial charge in [0, 0.05) is 17.3 Å². The number of aliphatic hydroxyl groups excluding tert-OH is 1. The number of H-pyrrole nitrogens is 1. The molecule has 0 aliphatic rings. The van der Waals surface area contributed by atoms with Crippen LogP contribution in [0.1, 0.15) is 11.1 Å². The summed E-state index contributed by atoms with van der Waals surface area (Å²) in [6.07, 6.45) is 1.81. The Morgan fingerprint density at radius 2 is 2.00 bits per heavy atom. The minimum Gasteiger partial charge on any atom is -0.384 e. The van der Waals surface area contributed by atoms with Gasteiger partial charge < -0.3 is 15.8 Å². The average molecular weight is 314 g/mol. The van der Waals surface area contributed by atoms with Gasteiger partial charge in [-0.15, -0.1) is 0 Å². The Bertz CT molecular complexity index is 956. The van der Waals surface area contributed by atoms with E-state index in [0.29, 0.717) is 11.3 Å². The fourth-order valence-electron chi connectivity index (χ4n) is 2.41. The Balaban J connectivity index is 2.11. The number of nitriles is 1. The number of pyridine rings is 1. The molecule has 0 saturated heterocycles. The topological polar surface area (TPSA) is 98.7 Å². The highest BCUT2D eigenvalue weighted by molar-refractivity contribution is 5.79. The highest BCUT2D eigenvalue weighted by atomic mass is 16.2. The molecule has 0 unspecified atom stereocenters. The van der Waals surface area contributed by atoms with Crippen LogP contribution in [-0.4, -0.2) is 21.7 Å². The van der Waals surface area contributed by atoms with Crippen LogP contribution in [0.4, 0.5) is 5.82 Å². The normalized spacial score (nSPS) is 9.83. The number of aliphatic hydroxyl groups is 1. The predicted octanol–water partition coefficient (Wildman–Crippen LogP) is 2.54. The Morgan fingerprint density at radius 1 is 1.21 bits per heavy atom. The van der Waals surface area contributed by atoms with Crippen molar-refractivity contribution in [1.82, 2.24) is 9.97 Å². The van der Waals surface area contributed by atoms with Crippen LogP contribution in [0.3, 0.4) is 0 Å². The standard InChI is InChI=1S/C19H14N4O/c20-12-16-15(14-7-5-13(6-8-14)3-2-10-24)11-18(23-19(16)21)17-4-1-9-22-17/h1,4-9,11,22,24H,10H2,(H2,21,23). The molecular weight excluding hydrogens is 300 g/mol. The van der Waals surface area contributed by atoms with Gasteiger partial charge in [0.2, 0.25) is 0 Å². The lowest BCUT2D eigenvalue weighted by Crippen LogP contribution is -1.99. The molecule has 0 spiro atoms. The van der Waals surface area contributed by atoms with E-state index in [9.17, 15) is 5.26 Å². The smallest absolute Gasteiger partial charge is 0.142 e. The van der Waals surface area contributed by atoms with E-state index in [2.05, 4.69) is 27.9 Å². The van der Waals surface area contributed by atoms with Crippen molar-refractivity contribution in [3.8, 4) is 40.4 Å². The molecule has 5 heteroatoms. The molecule has 0 saturated carbocycles. The number of aromatic nitrogens is 2. The van der Waals surface area contributed by atoms with Crippen molar-refractivity contribution >= 4 is 5.82 Å². The van der Waals surface area contributed by atoms with Gasteiger partial charge in [0.25, 0.3) is 0 Å². The quantitative estimate of drug-likeness (QED) is 0.633. The average Bonchev–Trinajstić information content (AvgIpc) is 3.14. The summed E-state index contributed by atoms with van der Waals surface area (Å²) in [5.41, 5.74) is 10.2. The third-order valence-electron chi connectivity index (χ3n) is 3.54. The first-order valence-corrected chi connectivity index (χ1v) is 7.27. The van der Waals surface area contributed by atoms with E-state index in [1.165, 1.54) is 0 Å². The van der Waals surface area contributed by atoms with Crippen LogP contribution in [-0.2, 0) is 0 Å². The first-order chi connectivity index (χ1) is 11.7. The summed E-state index contributed by atoms with van der Waals surface area (Å²) in [4.78, 5) is 7.39. The summed E-state index contributed by atoms with van der Waals surface area (Å²) in [6, 6.07) is 15.2. The number of benzene rings is 1. The van der Waals surface area contributed by atoms with Gasteiger partial charge in [-0.1, -0.05) is 24.0 Å². The van der Waals surface area contributed by atoms with E-state index in [0.717, 1.165) is 22.4 Å². The number of nitrogens with two attached hydrogens (primary N) is 1. The maximum absolute atomic E-state index is 9.42.